The molecule has 4 N–H and O–H groups in total. The van der Waals surface area contributed by atoms with Crippen LogP contribution in [0.1, 0.15) is 26.7 Å². The Morgan fingerprint density at radius 3 is 2.76 bits per heavy atom. The van der Waals surface area contributed by atoms with Gasteiger partial charge in [0.1, 0.15) is 6.04 Å². The van der Waals surface area contributed by atoms with Crippen molar-refractivity contribution >= 4 is 11.9 Å². The molecule has 17 heavy (non-hydrogen) atoms. The van der Waals surface area contributed by atoms with Gasteiger partial charge in [-0.25, -0.2) is 4.79 Å². The molecule has 0 radical (unpaired) electrons. The number of nitrogens with zero attached hydrogens (tertiary/aromatic N) is 1. The molecule has 98 valence electrons. The van der Waals surface area contributed by atoms with Gasteiger partial charge in [0.2, 0.25) is 5.91 Å². The Hall–Kier alpha value is -1.30. The quantitative estimate of drug-likeness (QED) is 0.615. The summed E-state index contributed by atoms with van der Waals surface area (Å²) in [5.74, 6) is -0.0562. The number of nitrogens with one attached hydrogen (secondary N) is 2. The Morgan fingerprint density at radius 1 is 1.59 bits per heavy atom. The van der Waals surface area contributed by atoms with Gasteiger partial charge in [-0.1, -0.05) is 6.92 Å². The monoisotopic (exact) mass is 242 g/mol. The highest BCUT2D eigenvalue weighted by Crippen LogP contribution is 2.11. The number of amides is 3. The first kappa shape index (κ1) is 13.8. The van der Waals surface area contributed by atoms with Crippen molar-refractivity contribution in [3.63, 3.8) is 0 Å². The number of nitrogens with two attached hydrogens (primary N) is 1. The van der Waals surface area contributed by atoms with E-state index in [2.05, 4.69) is 10.6 Å². The molecule has 0 aliphatic carbocycles. The summed E-state index contributed by atoms with van der Waals surface area (Å²) >= 11 is 0. The summed E-state index contributed by atoms with van der Waals surface area (Å²) in [6.45, 7) is 6.19. The Balaban J connectivity index is 2.61. The van der Waals surface area contributed by atoms with Gasteiger partial charge in [0.05, 0.1) is 0 Å². The molecule has 0 spiro atoms. The van der Waals surface area contributed by atoms with Gasteiger partial charge >= 0.3 is 6.03 Å². The summed E-state index contributed by atoms with van der Waals surface area (Å²) < 4.78 is 0. The van der Waals surface area contributed by atoms with E-state index in [0.717, 1.165) is 32.5 Å². The maximum absolute atomic E-state index is 12.2. The molecular formula is C11H22N4O2. The van der Waals surface area contributed by atoms with Crippen LogP contribution in [0.25, 0.3) is 0 Å². The summed E-state index contributed by atoms with van der Waals surface area (Å²) in [7, 11) is 0. The van der Waals surface area contributed by atoms with Crippen LogP contribution in [0.15, 0.2) is 0 Å². The van der Waals surface area contributed by atoms with Crippen LogP contribution >= 0.6 is 0 Å². The zero-order chi connectivity index (χ0) is 12.8. The maximum Gasteiger partial charge on any atom is 0.312 e. The molecule has 3 amide bonds. The van der Waals surface area contributed by atoms with Crippen LogP contribution in [0.4, 0.5) is 4.79 Å². The molecule has 1 aliphatic rings. The van der Waals surface area contributed by atoms with E-state index in [0.29, 0.717) is 0 Å². The molecule has 0 aromatic heterocycles. The molecule has 0 bridgehead atoms. The molecule has 6 heteroatoms. The van der Waals surface area contributed by atoms with Gasteiger partial charge in [-0.2, -0.15) is 0 Å². The lowest BCUT2D eigenvalue weighted by molar-refractivity contribution is -0.134. The van der Waals surface area contributed by atoms with Crippen LogP contribution in [0, 0.1) is 0 Å². The first-order valence-electron chi connectivity index (χ1n) is 6.13. The van der Waals surface area contributed by atoms with Crippen molar-refractivity contribution in [3.8, 4) is 0 Å². The minimum atomic E-state index is -0.660. The van der Waals surface area contributed by atoms with Crippen molar-refractivity contribution < 1.29 is 9.59 Å². The Morgan fingerprint density at radius 2 is 2.29 bits per heavy atom. The minimum absolute atomic E-state index is 0.0562. The predicted molar refractivity (Wildman–Crippen MR) is 65.5 cm³/mol. The van der Waals surface area contributed by atoms with Gasteiger partial charge in [0.15, 0.2) is 0 Å². The highest BCUT2D eigenvalue weighted by molar-refractivity contribution is 5.86. The second-order valence-corrected chi connectivity index (χ2v) is 4.41. The first-order valence-corrected chi connectivity index (χ1v) is 6.13. The van der Waals surface area contributed by atoms with Gasteiger partial charge < -0.3 is 21.3 Å². The standard InChI is InChI=1S/C11H22N4O2/c1-3-6-15(9-4-5-13-7-9)10(16)8(2)14-11(12)17/h8-9,13H,3-7H2,1-2H3,(H3,12,14,17). The van der Waals surface area contributed by atoms with Crippen LogP contribution in [-0.2, 0) is 4.79 Å². The van der Waals surface area contributed by atoms with Crippen LogP contribution in [0.3, 0.4) is 0 Å². The van der Waals surface area contributed by atoms with Crippen molar-refractivity contribution in [2.45, 2.75) is 38.8 Å². The molecule has 0 saturated carbocycles. The molecule has 1 rings (SSSR count). The van der Waals surface area contributed by atoms with Gasteiger partial charge in [-0.05, 0) is 26.3 Å². The molecule has 0 aromatic carbocycles. The van der Waals surface area contributed by atoms with Crippen molar-refractivity contribution in [1.29, 1.82) is 0 Å². The molecule has 6 nitrogen and oxygen atoms in total. The van der Waals surface area contributed by atoms with E-state index in [-0.39, 0.29) is 11.9 Å². The van der Waals surface area contributed by atoms with E-state index >= 15 is 0 Å². The predicted octanol–water partition coefficient (Wildman–Crippen LogP) is -0.356. The fourth-order valence-electron chi connectivity index (χ4n) is 2.14. The van der Waals surface area contributed by atoms with Crippen molar-refractivity contribution in [1.82, 2.24) is 15.5 Å². The van der Waals surface area contributed by atoms with Crippen molar-refractivity contribution in [3.05, 3.63) is 0 Å². The number of hydrogen-bond acceptors (Lipinski definition) is 3. The number of rotatable bonds is 5. The normalized spacial score (nSPS) is 20.9. The summed E-state index contributed by atoms with van der Waals surface area (Å²) in [5, 5.41) is 5.67. The summed E-state index contributed by atoms with van der Waals surface area (Å²) in [6.07, 6.45) is 1.88. The topological polar surface area (TPSA) is 87.5 Å². The average molecular weight is 242 g/mol. The van der Waals surface area contributed by atoms with E-state index in [1.54, 1.807) is 6.92 Å². The second kappa shape index (κ2) is 6.44. The third kappa shape index (κ3) is 3.89. The van der Waals surface area contributed by atoms with E-state index in [9.17, 15) is 9.59 Å². The maximum atomic E-state index is 12.2. The summed E-state index contributed by atoms with van der Waals surface area (Å²) in [6, 6.07) is -0.980. The van der Waals surface area contributed by atoms with Gasteiger partial charge in [-0.15, -0.1) is 0 Å². The first-order chi connectivity index (χ1) is 8.06. The Kier molecular flexibility index (Phi) is 5.21. The molecule has 1 aliphatic heterocycles. The SMILES string of the molecule is CCCN(C(=O)C(C)NC(N)=O)C1CCNC1. The highest BCUT2D eigenvalue weighted by Gasteiger charge is 2.29. The molecule has 1 saturated heterocycles. The van der Waals surface area contributed by atoms with Crippen LogP contribution in [0.5, 0.6) is 0 Å². The van der Waals surface area contributed by atoms with E-state index in [4.69, 9.17) is 5.73 Å². The third-order valence-electron chi connectivity index (χ3n) is 2.95. The number of urea groups is 1. The Labute approximate surface area is 102 Å². The lowest BCUT2D eigenvalue weighted by Crippen LogP contribution is -2.52. The lowest BCUT2D eigenvalue weighted by Gasteiger charge is -2.30. The molecule has 0 aromatic rings. The number of carbonyl (C=O) groups excluding carboxylic acids is 2. The van der Waals surface area contributed by atoms with Crippen LogP contribution < -0.4 is 16.4 Å². The highest BCUT2D eigenvalue weighted by atomic mass is 16.2. The number of primary amides is 1. The fourth-order valence-corrected chi connectivity index (χ4v) is 2.14. The van der Waals surface area contributed by atoms with Gasteiger partial charge in [0, 0.05) is 19.1 Å². The molecule has 2 unspecified atom stereocenters. The van der Waals surface area contributed by atoms with E-state index in [1.807, 2.05) is 11.8 Å². The average Bonchev–Trinajstić information content (AvgIpc) is 2.77. The molecule has 1 fully saturated rings. The van der Waals surface area contributed by atoms with Gasteiger partial charge in [0.25, 0.3) is 0 Å². The van der Waals surface area contributed by atoms with Crippen molar-refractivity contribution in [2.75, 3.05) is 19.6 Å². The zero-order valence-corrected chi connectivity index (χ0v) is 10.5. The second-order valence-electron chi connectivity index (χ2n) is 4.41. The van der Waals surface area contributed by atoms with Crippen LogP contribution in [0.2, 0.25) is 0 Å². The smallest absolute Gasteiger partial charge is 0.312 e. The zero-order valence-electron chi connectivity index (χ0n) is 10.5. The van der Waals surface area contributed by atoms with Gasteiger partial charge in [-0.3, -0.25) is 4.79 Å². The fraction of sp³-hybridized carbons (Fsp3) is 0.818. The summed E-state index contributed by atoms with van der Waals surface area (Å²) in [5.41, 5.74) is 5.03. The summed E-state index contributed by atoms with van der Waals surface area (Å²) in [4.78, 5) is 24.8. The number of hydrogen-bond donors (Lipinski definition) is 3. The minimum Gasteiger partial charge on any atom is -0.352 e. The third-order valence-corrected chi connectivity index (χ3v) is 2.95. The largest absolute Gasteiger partial charge is 0.352 e. The molecular weight excluding hydrogens is 220 g/mol. The lowest BCUT2D eigenvalue weighted by atomic mass is 10.1. The van der Waals surface area contributed by atoms with Crippen molar-refractivity contribution in [2.24, 2.45) is 5.73 Å². The molecule has 2 atom stereocenters. The van der Waals surface area contributed by atoms with E-state index < -0.39 is 12.1 Å². The Bertz CT molecular complexity index is 277. The molecule has 1 heterocycles. The van der Waals surface area contributed by atoms with E-state index in [1.165, 1.54) is 0 Å². The number of carbonyl (C=O) groups is 2. The van der Waals surface area contributed by atoms with Crippen LogP contribution in [-0.4, -0.2) is 48.6 Å².